The van der Waals surface area contributed by atoms with Crippen LogP contribution in [0.5, 0.6) is 0 Å². The van der Waals surface area contributed by atoms with Gasteiger partial charge in [0, 0.05) is 17.6 Å². The molecule has 5 heteroatoms. The first-order valence-corrected chi connectivity index (χ1v) is 4.14. The number of rotatable bonds is 3. The van der Waals surface area contributed by atoms with E-state index in [1.807, 2.05) is 0 Å². The number of halogens is 3. The Balaban J connectivity index is 2.93. The van der Waals surface area contributed by atoms with Crippen LogP contribution in [0.15, 0.2) is 18.3 Å². The van der Waals surface area contributed by atoms with Crippen LogP contribution >= 0.6 is 11.6 Å². The van der Waals surface area contributed by atoms with Crippen LogP contribution < -0.4 is 5.73 Å². The first-order chi connectivity index (χ1) is 6.06. The van der Waals surface area contributed by atoms with Crippen molar-refractivity contribution in [2.75, 3.05) is 6.54 Å². The largest absolute Gasteiger partial charge is 0.330 e. The maximum Gasteiger partial charge on any atom is 0.290 e. The molecular formula is C8H9ClF2N2. The molecule has 1 aromatic rings. The Kier molecular flexibility index (Phi) is 3.17. The van der Waals surface area contributed by atoms with Crippen LogP contribution in [0.4, 0.5) is 8.78 Å². The second-order valence-electron chi connectivity index (χ2n) is 2.60. The SMILES string of the molecule is NCCC(F)(F)c1cc(Cl)ccn1. The molecule has 1 heterocycles. The number of hydrogen-bond acceptors (Lipinski definition) is 2. The zero-order chi connectivity index (χ0) is 9.90. The van der Waals surface area contributed by atoms with Crippen molar-refractivity contribution >= 4 is 11.6 Å². The highest BCUT2D eigenvalue weighted by atomic mass is 35.5. The quantitative estimate of drug-likeness (QED) is 0.823. The van der Waals surface area contributed by atoms with Gasteiger partial charge in [0.25, 0.3) is 5.92 Å². The molecule has 0 aliphatic carbocycles. The first-order valence-electron chi connectivity index (χ1n) is 3.76. The molecule has 1 rings (SSSR count). The number of nitrogens with zero attached hydrogens (tertiary/aromatic N) is 1. The third-order valence-electron chi connectivity index (χ3n) is 1.56. The number of pyridine rings is 1. The minimum absolute atomic E-state index is 0.0821. The van der Waals surface area contributed by atoms with Crippen LogP contribution in [-0.4, -0.2) is 11.5 Å². The predicted molar refractivity (Wildman–Crippen MR) is 46.8 cm³/mol. The highest BCUT2D eigenvalue weighted by molar-refractivity contribution is 6.30. The van der Waals surface area contributed by atoms with Crippen molar-refractivity contribution in [2.45, 2.75) is 12.3 Å². The molecule has 1 aromatic heterocycles. The molecule has 0 saturated carbocycles. The van der Waals surface area contributed by atoms with Crippen molar-refractivity contribution < 1.29 is 8.78 Å². The zero-order valence-corrected chi connectivity index (χ0v) is 7.56. The smallest absolute Gasteiger partial charge is 0.290 e. The van der Waals surface area contributed by atoms with E-state index in [4.69, 9.17) is 17.3 Å². The minimum atomic E-state index is -2.99. The number of hydrogen-bond donors (Lipinski definition) is 1. The fourth-order valence-corrected chi connectivity index (χ4v) is 1.07. The fourth-order valence-electron chi connectivity index (χ4n) is 0.914. The molecular weight excluding hydrogens is 198 g/mol. The van der Waals surface area contributed by atoms with Gasteiger partial charge in [0.2, 0.25) is 0 Å². The lowest BCUT2D eigenvalue weighted by Gasteiger charge is -2.14. The molecule has 72 valence electrons. The number of alkyl halides is 2. The van der Waals surface area contributed by atoms with Gasteiger partial charge in [0.15, 0.2) is 0 Å². The minimum Gasteiger partial charge on any atom is -0.330 e. The highest BCUT2D eigenvalue weighted by Gasteiger charge is 2.32. The van der Waals surface area contributed by atoms with Crippen molar-refractivity contribution in [1.29, 1.82) is 0 Å². The molecule has 0 radical (unpaired) electrons. The van der Waals surface area contributed by atoms with Crippen LogP contribution in [0.25, 0.3) is 0 Å². The van der Waals surface area contributed by atoms with Crippen LogP contribution in [0, 0.1) is 0 Å². The molecule has 2 nitrogen and oxygen atoms in total. The summed E-state index contributed by atoms with van der Waals surface area (Å²) in [6.07, 6.45) is 0.836. The fraction of sp³-hybridized carbons (Fsp3) is 0.375. The van der Waals surface area contributed by atoms with E-state index in [-0.39, 0.29) is 17.3 Å². The lowest BCUT2D eigenvalue weighted by Crippen LogP contribution is -2.19. The van der Waals surface area contributed by atoms with Gasteiger partial charge in [-0.3, -0.25) is 4.98 Å². The van der Waals surface area contributed by atoms with Crippen molar-refractivity contribution in [3.63, 3.8) is 0 Å². The van der Waals surface area contributed by atoms with Crippen molar-refractivity contribution in [3.8, 4) is 0 Å². The van der Waals surface area contributed by atoms with Crippen molar-refractivity contribution in [2.24, 2.45) is 5.73 Å². The summed E-state index contributed by atoms with van der Waals surface area (Å²) in [5.74, 6) is -2.99. The van der Waals surface area contributed by atoms with Gasteiger partial charge in [-0.1, -0.05) is 11.6 Å². The van der Waals surface area contributed by atoms with Gasteiger partial charge in [-0.05, 0) is 18.7 Å². The van der Waals surface area contributed by atoms with Gasteiger partial charge in [-0.25, -0.2) is 0 Å². The highest BCUT2D eigenvalue weighted by Crippen LogP contribution is 2.30. The monoisotopic (exact) mass is 206 g/mol. The Labute approximate surface area is 79.7 Å². The van der Waals surface area contributed by atoms with Gasteiger partial charge in [-0.15, -0.1) is 0 Å². The van der Waals surface area contributed by atoms with Gasteiger partial charge >= 0.3 is 0 Å². The lowest BCUT2D eigenvalue weighted by molar-refractivity contribution is -0.0151. The summed E-state index contributed by atoms with van der Waals surface area (Å²) < 4.78 is 26.3. The molecule has 0 unspecified atom stereocenters. The Morgan fingerprint density at radius 2 is 2.23 bits per heavy atom. The average molecular weight is 207 g/mol. The summed E-state index contributed by atoms with van der Waals surface area (Å²) in [5.41, 5.74) is 4.72. The Morgan fingerprint density at radius 1 is 1.54 bits per heavy atom. The molecule has 0 bridgehead atoms. The predicted octanol–water partition coefficient (Wildman–Crippen LogP) is 2.18. The van der Waals surface area contributed by atoms with E-state index in [0.717, 1.165) is 6.07 Å². The summed E-state index contributed by atoms with van der Waals surface area (Å²) in [4.78, 5) is 3.54. The molecule has 0 saturated heterocycles. The lowest BCUT2D eigenvalue weighted by atomic mass is 10.1. The van der Waals surface area contributed by atoms with Crippen LogP contribution in [-0.2, 0) is 5.92 Å². The van der Waals surface area contributed by atoms with E-state index >= 15 is 0 Å². The summed E-state index contributed by atoms with van der Waals surface area (Å²) in [5, 5.41) is 0.252. The average Bonchev–Trinajstić information content (AvgIpc) is 2.04. The van der Waals surface area contributed by atoms with Gasteiger partial charge in [-0.2, -0.15) is 8.78 Å². The summed E-state index contributed by atoms with van der Waals surface area (Å²) >= 11 is 5.55. The normalized spacial score (nSPS) is 11.7. The molecule has 0 fully saturated rings. The van der Waals surface area contributed by atoms with E-state index in [9.17, 15) is 8.78 Å². The van der Waals surface area contributed by atoms with E-state index in [1.54, 1.807) is 0 Å². The Bertz CT molecular complexity index is 291. The van der Waals surface area contributed by atoms with Crippen LogP contribution in [0.2, 0.25) is 5.02 Å². The van der Waals surface area contributed by atoms with Crippen molar-refractivity contribution in [1.82, 2.24) is 4.98 Å². The maximum absolute atomic E-state index is 13.1. The van der Waals surface area contributed by atoms with Crippen molar-refractivity contribution in [3.05, 3.63) is 29.0 Å². The summed E-state index contributed by atoms with van der Waals surface area (Å²) in [6, 6.07) is 2.60. The molecule has 0 amide bonds. The van der Waals surface area contributed by atoms with Crippen LogP contribution in [0.1, 0.15) is 12.1 Å². The maximum atomic E-state index is 13.1. The molecule has 0 aliphatic rings. The molecule has 0 spiro atoms. The molecule has 0 aliphatic heterocycles. The summed E-state index contributed by atoms with van der Waals surface area (Å²) in [6.45, 7) is -0.0821. The van der Waals surface area contributed by atoms with Gasteiger partial charge in [0.05, 0.1) is 0 Å². The number of nitrogens with two attached hydrogens (primary N) is 1. The second-order valence-corrected chi connectivity index (χ2v) is 3.04. The van der Waals surface area contributed by atoms with E-state index in [1.165, 1.54) is 12.3 Å². The topological polar surface area (TPSA) is 38.9 Å². The van der Waals surface area contributed by atoms with Crippen LogP contribution in [0.3, 0.4) is 0 Å². The first kappa shape index (κ1) is 10.3. The van der Waals surface area contributed by atoms with Gasteiger partial charge < -0.3 is 5.73 Å². The molecule has 0 atom stereocenters. The van der Waals surface area contributed by atoms with E-state index in [0.29, 0.717) is 0 Å². The molecule has 0 aromatic carbocycles. The standard InChI is InChI=1S/C8H9ClF2N2/c9-6-1-4-13-7(5-6)8(10,11)2-3-12/h1,4-5H,2-3,12H2. The molecule has 2 N–H and O–H groups in total. The number of aromatic nitrogens is 1. The Hall–Kier alpha value is -0.740. The third-order valence-corrected chi connectivity index (χ3v) is 1.79. The molecule has 13 heavy (non-hydrogen) atoms. The summed E-state index contributed by atoms with van der Waals surface area (Å²) in [7, 11) is 0. The second kappa shape index (κ2) is 3.98. The van der Waals surface area contributed by atoms with Gasteiger partial charge in [0.1, 0.15) is 5.69 Å². The Morgan fingerprint density at radius 3 is 2.77 bits per heavy atom. The zero-order valence-electron chi connectivity index (χ0n) is 6.80. The van der Waals surface area contributed by atoms with E-state index in [2.05, 4.69) is 4.98 Å². The third kappa shape index (κ3) is 2.60. The van der Waals surface area contributed by atoms with E-state index < -0.39 is 12.3 Å².